The molecule has 24 heavy (non-hydrogen) atoms. The van der Waals surface area contributed by atoms with E-state index in [4.69, 9.17) is 4.74 Å². The summed E-state index contributed by atoms with van der Waals surface area (Å²) in [4.78, 5) is 27.9. The van der Waals surface area contributed by atoms with Gasteiger partial charge >= 0.3 is 0 Å². The second kappa shape index (κ2) is 5.08. The Kier molecular flexibility index (Phi) is 3.22. The molecule has 0 aromatic heterocycles. The molecular weight excluding hydrogens is 308 g/mol. The highest BCUT2D eigenvalue weighted by molar-refractivity contribution is 5.90. The Bertz CT molecular complexity index is 727. The Morgan fingerprint density at radius 3 is 2.71 bits per heavy atom. The number of carboxylic acids is 1. The summed E-state index contributed by atoms with van der Waals surface area (Å²) in [5.74, 6) is -2.92. The van der Waals surface area contributed by atoms with Crippen molar-refractivity contribution in [2.75, 3.05) is 25.5 Å². The zero-order valence-corrected chi connectivity index (χ0v) is 13.6. The Morgan fingerprint density at radius 1 is 1.38 bits per heavy atom. The number of benzene rings is 1. The van der Waals surface area contributed by atoms with Crippen molar-refractivity contribution in [3.63, 3.8) is 0 Å². The SMILES string of the molecule is CN(C)c1ccc(CN2C[C@@]34C=C[C@@H](O3)[C@H](C(=O)[O-])[C@@H]4C2=O)cc1. The summed E-state index contributed by atoms with van der Waals surface area (Å²) in [7, 11) is 3.94. The molecule has 0 unspecified atom stereocenters. The fourth-order valence-corrected chi connectivity index (χ4v) is 4.10. The number of nitrogens with zero attached hydrogens (tertiary/aromatic N) is 2. The van der Waals surface area contributed by atoms with Crippen LogP contribution in [0.3, 0.4) is 0 Å². The van der Waals surface area contributed by atoms with Crippen molar-refractivity contribution in [3.8, 4) is 0 Å². The molecule has 2 fully saturated rings. The van der Waals surface area contributed by atoms with E-state index in [2.05, 4.69) is 0 Å². The number of fused-ring (bicyclic) bond motifs is 1. The maximum absolute atomic E-state index is 12.8. The van der Waals surface area contributed by atoms with E-state index in [1.54, 1.807) is 11.0 Å². The van der Waals surface area contributed by atoms with Crippen LogP contribution >= 0.6 is 0 Å². The molecule has 4 atom stereocenters. The molecule has 2 bridgehead atoms. The van der Waals surface area contributed by atoms with Gasteiger partial charge in [0.2, 0.25) is 5.91 Å². The highest BCUT2D eigenvalue weighted by atomic mass is 16.5. The molecule has 4 rings (SSSR count). The molecule has 0 radical (unpaired) electrons. The lowest BCUT2D eigenvalue weighted by Crippen LogP contribution is -2.45. The van der Waals surface area contributed by atoms with Crippen LogP contribution in [0.25, 0.3) is 0 Å². The number of carbonyl (C=O) groups is 2. The van der Waals surface area contributed by atoms with Crippen LogP contribution in [0.4, 0.5) is 5.69 Å². The normalized spacial score (nSPS) is 33.2. The van der Waals surface area contributed by atoms with Crippen LogP contribution in [0.2, 0.25) is 0 Å². The van der Waals surface area contributed by atoms with E-state index in [0.29, 0.717) is 13.1 Å². The van der Waals surface area contributed by atoms with E-state index >= 15 is 0 Å². The van der Waals surface area contributed by atoms with E-state index in [-0.39, 0.29) is 5.91 Å². The van der Waals surface area contributed by atoms with Crippen molar-refractivity contribution in [1.82, 2.24) is 4.90 Å². The fourth-order valence-electron chi connectivity index (χ4n) is 4.10. The van der Waals surface area contributed by atoms with Gasteiger partial charge in [-0.15, -0.1) is 0 Å². The molecule has 6 nitrogen and oxygen atoms in total. The van der Waals surface area contributed by atoms with Crippen molar-refractivity contribution >= 4 is 17.6 Å². The van der Waals surface area contributed by atoms with Gasteiger partial charge < -0.3 is 24.4 Å². The number of carbonyl (C=O) groups excluding carboxylic acids is 2. The number of anilines is 1. The van der Waals surface area contributed by atoms with Crippen LogP contribution in [-0.2, 0) is 20.9 Å². The second-order valence-corrected chi connectivity index (χ2v) is 6.97. The van der Waals surface area contributed by atoms with Gasteiger partial charge in [0.15, 0.2) is 0 Å². The molecule has 3 aliphatic heterocycles. The van der Waals surface area contributed by atoms with Crippen LogP contribution < -0.4 is 10.0 Å². The van der Waals surface area contributed by atoms with Gasteiger partial charge in [-0.2, -0.15) is 0 Å². The van der Waals surface area contributed by atoms with Gasteiger partial charge in [0.25, 0.3) is 0 Å². The molecule has 126 valence electrons. The summed E-state index contributed by atoms with van der Waals surface area (Å²) < 4.78 is 5.85. The van der Waals surface area contributed by atoms with E-state index < -0.39 is 29.5 Å². The molecule has 1 aromatic carbocycles. The predicted molar refractivity (Wildman–Crippen MR) is 84.9 cm³/mol. The number of likely N-dealkylation sites (tertiary alicyclic amines) is 1. The molecule has 2 saturated heterocycles. The number of ether oxygens (including phenoxy) is 1. The fraction of sp³-hybridized carbons (Fsp3) is 0.444. The van der Waals surface area contributed by atoms with Gasteiger partial charge in [-0.1, -0.05) is 24.3 Å². The van der Waals surface area contributed by atoms with E-state index in [1.807, 2.05) is 49.3 Å². The van der Waals surface area contributed by atoms with Crippen molar-refractivity contribution in [3.05, 3.63) is 42.0 Å². The van der Waals surface area contributed by atoms with Gasteiger partial charge in [-0.05, 0) is 17.7 Å². The Labute approximate surface area is 140 Å². The van der Waals surface area contributed by atoms with Crippen molar-refractivity contribution in [2.45, 2.75) is 18.2 Å². The minimum Gasteiger partial charge on any atom is -0.550 e. The first-order valence-corrected chi connectivity index (χ1v) is 8.04. The third-order valence-corrected chi connectivity index (χ3v) is 5.28. The number of hydrogen-bond acceptors (Lipinski definition) is 5. The molecule has 0 N–H and O–H groups in total. The van der Waals surface area contributed by atoms with Gasteiger partial charge in [-0.25, -0.2) is 0 Å². The molecule has 0 saturated carbocycles. The molecule has 6 heteroatoms. The maximum atomic E-state index is 12.8. The van der Waals surface area contributed by atoms with E-state index in [0.717, 1.165) is 11.3 Å². The Hall–Kier alpha value is -2.34. The van der Waals surface area contributed by atoms with Gasteiger partial charge in [0.1, 0.15) is 5.60 Å². The van der Waals surface area contributed by atoms with Gasteiger partial charge in [-0.3, -0.25) is 4.79 Å². The summed E-state index contributed by atoms with van der Waals surface area (Å²) in [6.07, 6.45) is 3.07. The summed E-state index contributed by atoms with van der Waals surface area (Å²) in [5.41, 5.74) is 1.30. The number of carboxylic acid groups (broad SMARTS) is 1. The number of aliphatic carboxylic acids is 1. The first-order chi connectivity index (χ1) is 11.4. The van der Waals surface area contributed by atoms with Crippen LogP contribution in [0.1, 0.15) is 5.56 Å². The second-order valence-electron chi connectivity index (χ2n) is 6.97. The standard InChI is InChI=1S/C18H20N2O4/c1-19(2)12-5-3-11(4-6-12)9-20-10-18-8-7-13(24-18)14(17(22)23)15(18)16(20)21/h3-8,13-15H,9-10H2,1-2H3,(H,22,23)/p-1/t13-,14+,15-,18-/m1/s1. The Morgan fingerprint density at radius 2 is 2.08 bits per heavy atom. The molecule has 0 aliphatic carbocycles. The minimum atomic E-state index is -1.21. The van der Waals surface area contributed by atoms with Crippen molar-refractivity contribution in [2.24, 2.45) is 11.8 Å². The van der Waals surface area contributed by atoms with Gasteiger partial charge in [0.05, 0.1) is 18.6 Å². The van der Waals surface area contributed by atoms with Crippen LogP contribution in [0, 0.1) is 11.8 Å². The molecule has 1 amide bonds. The lowest BCUT2D eigenvalue weighted by Gasteiger charge is -2.24. The molecule has 3 heterocycles. The number of rotatable bonds is 4. The molecule has 3 aliphatic rings. The predicted octanol–water partition coefficient (Wildman–Crippen LogP) is -0.215. The third kappa shape index (κ3) is 2.06. The molecule has 1 aromatic rings. The summed E-state index contributed by atoms with van der Waals surface area (Å²) in [5, 5.41) is 11.4. The minimum absolute atomic E-state index is 0.160. The summed E-state index contributed by atoms with van der Waals surface area (Å²) in [6.45, 7) is 0.842. The average molecular weight is 327 g/mol. The summed E-state index contributed by atoms with van der Waals surface area (Å²) in [6, 6.07) is 7.97. The van der Waals surface area contributed by atoms with Gasteiger partial charge in [0, 0.05) is 38.2 Å². The van der Waals surface area contributed by atoms with Crippen LogP contribution in [0.5, 0.6) is 0 Å². The van der Waals surface area contributed by atoms with Crippen molar-refractivity contribution < 1.29 is 19.4 Å². The lowest BCUT2D eigenvalue weighted by molar-refractivity contribution is -0.313. The maximum Gasteiger partial charge on any atom is 0.230 e. The van der Waals surface area contributed by atoms with Crippen LogP contribution in [-0.4, -0.2) is 49.1 Å². The third-order valence-electron chi connectivity index (χ3n) is 5.28. The first-order valence-electron chi connectivity index (χ1n) is 8.04. The average Bonchev–Trinajstić information content (AvgIpc) is 3.16. The quantitative estimate of drug-likeness (QED) is 0.715. The highest BCUT2D eigenvalue weighted by Gasteiger charge is 2.65. The van der Waals surface area contributed by atoms with Crippen LogP contribution in [0.15, 0.2) is 36.4 Å². The van der Waals surface area contributed by atoms with Crippen molar-refractivity contribution in [1.29, 1.82) is 0 Å². The highest BCUT2D eigenvalue weighted by Crippen LogP contribution is 2.51. The molecule has 1 spiro atoms. The largest absolute Gasteiger partial charge is 0.550 e. The zero-order valence-electron chi connectivity index (χ0n) is 13.6. The topological polar surface area (TPSA) is 72.9 Å². The lowest BCUT2D eigenvalue weighted by atomic mass is 9.77. The van der Waals surface area contributed by atoms with E-state index in [1.165, 1.54) is 0 Å². The smallest absolute Gasteiger partial charge is 0.230 e. The monoisotopic (exact) mass is 327 g/mol. The summed E-state index contributed by atoms with van der Waals surface area (Å²) >= 11 is 0. The first kappa shape index (κ1) is 15.2. The zero-order chi connectivity index (χ0) is 17.1. The number of amides is 1. The molecular formula is C18H19N2O4-. The van der Waals surface area contributed by atoms with E-state index in [9.17, 15) is 14.7 Å². The number of hydrogen-bond donors (Lipinski definition) is 0. The Balaban J connectivity index is 1.55.